The third-order valence-corrected chi connectivity index (χ3v) is 3.75. The number of hydrogen-bond acceptors (Lipinski definition) is 2. The van der Waals surface area contributed by atoms with Crippen LogP contribution in [0.4, 0.5) is 13.2 Å². The summed E-state index contributed by atoms with van der Waals surface area (Å²) in [5.41, 5.74) is -0.122. The maximum Gasteiger partial charge on any atom is 0.149 e. The number of rotatable bonds is 2. The summed E-state index contributed by atoms with van der Waals surface area (Å²) in [6, 6.07) is 5.07. The molecule has 1 aliphatic rings. The minimum Gasteiger partial charge on any atom is -0.381 e. The molecule has 21 heavy (non-hydrogen) atoms. The molecule has 1 aromatic carbocycles. The Morgan fingerprint density at radius 2 is 1.67 bits per heavy atom. The lowest BCUT2D eigenvalue weighted by Gasteiger charge is -2.23. The number of hydrogen-bond donors (Lipinski definition) is 0. The largest absolute Gasteiger partial charge is 0.381 e. The Hall–Kier alpha value is -1.88. The number of nitrogens with zero attached hydrogens (tertiary/aromatic N) is 1. The molecule has 2 nitrogen and oxygen atoms in total. The van der Waals surface area contributed by atoms with Crippen LogP contribution < -0.4 is 0 Å². The number of pyridine rings is 1. The quantitative estimate of drug-likeness (QED) is 0.833. The monoisotopic (exact) mass is 293 g/mol. The van der Waals surface area contributed by atoms with E-state index in [0.29, 0.717) is 18.8 Å². The van der Waals surface area contributed by atoms with E-state index in [9.17, 15) is 13.2 Å². The zero-order valence-corrected chi connectivity index (χ0v) is 11.3. The molecule has 3 rings (SSSR count). The van der Waals surface area contributed by atoms with Crippen molar-refractivity contribution >= 4 is 0 Å². The first-order valence-electron chi connectivity index (χ1n) is 6.84. The van der Waals surface area contributed by atoms with Gasteiger partial charge in [0, 0.05) is 19.4 Å². The van der Waals surface area contributed by atoms with Crippen LogP contribution in [-0.4, -0.2) is 18.2 Å². The number of aromatic nitrogens is 1. The molecule has 1 fully saturated rings. The molecule has 1 aliphatic heterocycles. The van der Waals surface area contributed by atoms with E-state index in [-0.39, 0.29) is 11.6 Å². The summed E-state index contributed by atoms with van der Waals surface area (Å²) >= 11 is 0. The lowest BCUT2D eigenvalue weighted by atomic mass is 9.90. The van der Waals surface area contributed by atoms with Crippen LogP contribution in [0.1, 0.15) is 24.3 Å². The summed E-state index contributed by atoms with van der Waals surface area (Å²) in [4.78, 5) is 3.74. The van der Waals surface area contributed by atoms with Gasteiger partial charge in [0.1, 0.15) is 23.1 Å². The molecule has 2 aromatic rings. The molecule has 0 amide bonds. The minimum atomic E-state index is -0.783. The van der Waals surface area contributed by atoms with E-state index in [1.807, 2.05) is 0 Å². The van der Waals surface area contributed by atoms with Gasteiger partial charge in [-0.05, 0) is 48.6 Å². The van der Waals surface area contributed by atoms with Crippen molar-refractivity contribution in [3.05, 3.63) is 53.5 Å². The Kier molecular flexibility index (Phi) is 3.92. The molecule has 5 heteroatoms. The van der Waals surface area contributed by atoms with Crippen LogP contribution in [0.2, 0.25) is 0 Å². The Morgan fingerprint density at radius 1 is 1.00 bits per heavy atom. The fraction of sp³-hybridized carbons (Fsp3) is 0.312. The van der Waals surface area contributed by atoms with Gasteiger partial charge in [0.15, 0.2) is 0 Å². The topological polar surface area (TPSA) is 22.1 Å². The molecule has 0 atom stereocenters. The summed E-state index contributed by atoms with van der Waals surface area (Å²) in [7, 11) is 0. The lowest BCUT2D eigenvalue weighted by molar-refractivity contribution is 0.0852. The molecule has 0 bridgehead atoms. The Bertz CT molecular complexity index is 631. The summed E-state index contributed by atoms with van der Waals surface area (Å²) < 4.78 is 47.4. The molecule has 0 aliphatic carbocycles. The van der Waals surface area contributed by atoms with Gasteiger partial charge in [0.05, 0.1) is 5.56 Å². The SMILES string of the molecule is Fc1cccnc1-c1c(F)cc(C2CCOCC2)cc1F. The van der Waals surface area contributed by atoms with Crippen molar-refractivity contribution in [3.8, 4) is 11.3 Å². The van der Waals surface area contributed by atoms with Gasteiger partial charge in [0.2, 0.25) is 0 Å². The van der Waals surface area contributed by atoms with Crippen molar-refractivity contribution in [2.24, 2.45) is 0 Å². The number of halogens is 3. The maximum absolute atomic E-state index is 14.3. The van der Waals surface area contributed by atoms with E-state index in [1.165, 1.54) is 24.4 Å². The highest BCUT2D eigenvalue weighted by atomic mass is 19.1. The molecular formula is C16H14F3NO. The smallest absolute Gasteiger partial charge is 0.149 e. The molecule has 2 heterocycles. The fourth-order valence-electron chi connectivity index (χ4n) is 2.66. The van der Waals surface area contributed by atoms with E-state index >= 15 is 0 Å². The first kappa shape index (κ1) is 14.1. The van der Waals surface area contributed by atoms with Crippen LogP contribution in [0.5, 0.6) is 0 Å². The summed E-state index contributed by atoms with van der Waals surface area (Å²) in [5, 5.41) is 0. The fourth-order valence-corrected chi connectivity index (χ4v) is 2.66. The third kappa shape index (κ3) is 2.78. The van der Waals surface area contributed by atoms with E-state index in [0.717, 1.165) is 18.9 Å². The van der Waals surface area contributed by atoms with Crippen molar-refractivity contribution in [3.63, 3.8) is 0 Å². The normalized spacial score (nSPS) is 16.1. The van der Waals surface area contributed by atoms with Gasteiger partial charge in [-0.15, -0.1) is 0 Å². The number of ether oxygens (including phenoxy) is 1. The predicted molar refractivity (Wildman–Crippen MR) is 72.3 cm³/mol. The van der Waals surface area contributed by atoms with Crippen molar-refractivity contribution in [1.82, 2.24) is 4.98 Å². The van der Waals surface area contributed by atoms with E-state index in [2.05, 4.69) is 4.98 Å². The van der Waals surface area contributed by atoms with Gasteiger partial charge in [-0.1, -0.05) is 0 Å². The highest BCUT2D eigenvalue weighted by Gasteiger charge is 2.22. The van der Waals surface area contributed by atoms with Crippen LogP contribution in [-0.2, 0) is 4.74 Å². The average Bonchev–Trinajstić information content (AvgIpc) is 2.49. The van der Waals surface area contributed by atoms with E-state index in [4.69, 9.17) is 4.74 Å². The molecule has 0 unspecified atom stereocenters. The minimum absolute atomic E-state index is 0.0744. The van der Waals surface area contributed by atoms with Gasteiger partial charge in [-0.25, -0.2) is 13.2 Å². The van der Waals surface area contributed by atoms with Crippen molar-refractivity contribution in [2.45, 2.75) is 18.8 Å². The molecule has 1 saturated heterocycles. The molecule has 0 N–H and O–H groups in total. The zero-order chi connectivity index (χ0) is 14.8. The average molecular weight is 293 g/mol. The van der Waals surface area contributed by atoms with Crippen molar-refractivity contribution in [2.75, 3.05) is 13.2 Å². The molecular weight excluding hydrogens is 279 g/mol. The van der Waals surface area contributed by atoms with Gasteiger partial charge in [0.25, 0.3) is 0 Å². The van der Waals surface area contributed by atoms with Gasteiger partial charge in [-0.2, -0.15) is 0 Å². The lowest BCUT2D eigenvalue weighted by Crippen LogP contribution is -2.14. The zero-order valence-electron chi connectivity index (χ0n) is 11.3. The van der Waals surface area contributed by atoms with E-state index in [1.54, 1.807) is 0 Å². The third-order valence-electron chi connectivity index (χ3n) is 3.75. The van der Waals surface area contributed by atoms with Crippen LogP contribution >= 0.6 is 0 Å². The number of benzene rings is 1. The first-order valence-corrected chi connectivity index (χ1v) is 6.84. The summed E-state index contributed by atoms with van der Waals surface area (Å²) in [6.07, 6.45) is 2.77. The maximum atomic E-state index is 14.3. The van der Waals surface area contributed by atoms with Crippen LogP contribution in [0, 0.1) is 17.5 Å². The second kappa shape index (κ2) is 5.85. The summed E-state index contributed by atoms with van der Waals surface area (Å²) in [5.74, 6) is -2.23. The molecule has 110 valence electrons. The standard InChI is InChI=1S/C16H14F3NO/c17-12-2-1-5-20-16(12)15-13(18)8-11(9-14(15)19)10-3-6-21-7-4-10/h1-2,5,8-10H,3-4,6-7H2. The van der Waals surface area contributed by atoms with Gasteiger partial charge >= 0.3 is 0 Å². The summed E-state index contributed by atoms with van der Waals surface area (Å²) in [6.45, 7) is 1.18. The molecule has 0 saturated carbocycles. The Labute approximate surface area is 120 Å². The van der Waals surface area contributed by atoms with Crippen LogP contribution in [0.3, 0.4) is 0 Å². The second-order valence-corrected chi connectivity index (χ2v) is 5.08. The second-order valence-electron chi connectivity index (χ2n) is 5.08. The predicted octanol–water partition coefficient (Wildman–Crippen LogP) is 4.06. The van der Waals surface area contributed by atoms with Crippen molar-refractivity contribution < 1.29 is 17.9 Å². The molecule has 0 radical (unpaired) electrons. The van der Waals surface area contributed by atoms with Crippen LogP contribution in [0.25, 0.3) is 11.3 Å². The molecule has 0 spiro atoms. The Morgan fingerprint density at radius 3 is 2.29 bits per heavy atom. The van der Waals surface area contributed by atoms with Crippen molar-refractivity contribution in [1.29, 1.82) is 0 Å². The highest BCUT2D eigenvalue weighted by Crippen LogP contribution is 2.33. The van der Waals surface area contributed by atoms with E-state index < -0.39 is 23.0 Å². The molecule has 1 aromatic heterocycles. The Balaban J connectivity index is 2.02. The highest BCUT2D eigenvalue weighted by molar-refractivity contribution is 5.62. The first-order chi connectivity index (χ1) is 10.2. The van der Waals surface area contributed by atoms with Crippen LogP contribution in [0.15, 0.2) is 30.5 Å². The van der Waals surface area contributed by atoms with Gasteiger partial charge in [-0.3, -0.25) is 4.98 Å². The van der Waals surface area contributed by atoms with Gasteiger partial charge < -0.3 is 4.74 Å².